The Kier molecular flexibility index (Phi) is 9.78. The van der Waals surface area contributed by atoms with Crippen LogP contribution in [-0.4, -0.2) is 15.7 Å². The van der Waals surface area contributed by atoms with Gasteiger partial charge < -0.3 is 0 Å². The first-order valence-electron chi connectivity index (χ1n) is 9.97. The first-order valence-corrected chi connectivity index (χ1v) is 11.0. The molecular weight excluding hydrogens is 324 g/mol. The van der Waals surface area contributed by atoms with Crippen LogP contribution >= 0.6 is 11.8 Å². The Morgan fingerprint density at radius 1 is 1.00 bits per heavy atom. The maximum absolute atomic E-state index is 4.50. The van der Waals surface area contributed by atoms with Crippen LogP contribution in [-0.2, 0) is 5.41 Å². The number of thioether (sulfide) groups is 1. The molecule has 25 heavy (non-hydrogen) atoms. The van der Waals surface area contributed by atoms with Crippen LogP contribution in [0.4, 0.5) is 0 Å². The van der Waals surface area contributed by atoms with Crippen molar-refractivity contribution in [3.63, 3.8) is 0 Å². The molecule has 1 unspecified atom stereocenters. The zero-order valence-corrected chi connectivity index (χ0v) is 18.1. The second-order valence-electron chi connectivity index (χ2n) is 8.20. The largest absolute Gasteiger partial charge is 0.241 e. The summed E-state index contributed by atoms with van der Waals surface area (Å²) in [6.07, 6.45) is 12.8. The van der Waals surface area contributed by atoms with Crippen LogP contribution in [0, 0.1) is 5.41 Å². The third-order valence-electron chi connectivity index (χ3n) is 5.26. The highest BCUT2D eigenvalue weighted by atomic mass is 32.2. The van der Waals surface area contributed by atoms with E-state index in [0.29, 0.717) is 5.41 Å². The van der Waals surface area contributed by atoms with Gasteiger partial charge >= 0.3 is 0 Å². The van der Waals surface area contributed by atoms with Crippen molar-refractivity contribution in [2.45, 2.75) is 91.9 Å². The standard InChI is InChI=1S/C22H38N2S/c1-7-10-11-14-22(6,9-3)17-25-15-12-19-16-20(24-18-23-19)21(4,5)13-8-2/h12,15-16,18H,7-11,13-14,17H2,1-6H3/b15-12+. The number of hydrogen-bond acceptors (Lipinski definition) is 3. The van der Waals surface area contributed by atoms with Crippen molar-refractivity contribution >= 4 is 17.8 Å². The molecule has 0 radical (unpaired) electrons. The quantitative estimate of drug-likeness (QED) is 0.366. The van der Waals surface area contributed by atoms with E-state index in [4.69, 9.17) is 0 Å². The predicted octanol–water partition coefficient (Wildman–Crippen LogP) is 7.25. The molecule has 142 valence electrons. The molecular formula is C22H38N2S. The van der Waals surface area contributed by atoms with Gasteiger partial charge in [0, 0.05) is 16.9 Å². The van der Waals surface area contributed by atoms with E-state index >= 15 is 0 Å². The highest BCUT2D eigenvalue weighted by Crippen LogP contribution is 2.33. The van der Waals surface area contributed by atoms with Gasteiger partial charge in [-0.2, -0.15) is 0 Å². The summed E-state index contributed by atoms with van der Waals surface area (Å²) in [6, 6.07) is 2.15. The molecule has 2 nitrogen and oxygen atoms in total. The van der Waals surface area contributed by atoms with Crippen LogP contribution in [0.25, 0.3) is 6.08 Å². The minimum Gasteiger partial charge on any atom is -0.241 e. The summed E-state index contributed by atoms with van der Waals surface area (Å²) >= 11 is 1.92. The molecule has 1 rings (SSSR count). The van der Waals surface area contributed by atoms with E-state index in [0.717, 1.165) is 17.8 Å². The number of rotatable bonds is 12. The second kappa shape index (κ2) is 11.0. The fourth-order valence-corrected chi connectivity index (χ4v) is 4.19. The molecule has 0 aliphatic carbocycles. The predicted molar refractivity (Wildman–Crippen MR) is 114 cm³/mol. The number of nitrogens with zero attached hydrogens (tertiary/aromatic N) is 2. The maximum Gasteiger partial charge on any atom is 0.116 e. The van der Waals surface area contributed by atoms with E-state index in [1.54, 1.807) is 6.33 Å². The molecule has 0 aliphatic heterocycles. The Morgan fingerprint density at radius 2 is 1.76 bits per heavy atom. The Bertz CT molecular complexity index is 525. The van der Waals surface area contributed by atoms with Crippen molar-refractivity contribution in [3.8, 4) is 0 Å². The summed E-state index contributed by atoms with van der Waals surface area (Å²) in [7, 11) is 0. The number of aromatic nitrogens is 2. The van der Waals surface area contributed by atoms with Gasteiger partial charge in [0.05, 0.1) is 5.69 Å². The first kappa shape index (κ1) is 22.2. The SMILES string of the molecule is CCCCCC(C)(CC)CS/C=C/c1cc(C(C)(C)CCC)ncn1. The third-order valence-corrected chi connectivity index (χ3v) is 6.45. The van der Waals surface area contributed by atoms with Crippen molar-refractivity contribution in [2.24, 2.45) is 5.41 Å². The minimum absolute atomic E-state index is 0.119. The lowest BCUT2D eigenvalue weighted by Crippen LogP contribution is -2.18. The van der Waals surface area contributed by atoms with Crippen LogP contribution in [0.1, 0.15) is 97.9 Å². The van der Waals surface area contributed by atoms with E-state index in [2.05, 4.69) is 69.1 Å². The van der Waals surface area contributed by atoms with Crippen molar-refractivity contribution in [1.82, 2.24) is 9.97 Å². The molecule has 1 aromatic heterocycles. The molecule has 0 spiro atoms. The van der Waals surface area contributed by atoms with Gasteiger partial charge in [0.1, 0.15) is 6.33 Å². The fourth-order valence-electron chi connectivity index (χ4n) is 3.11. The Hall–Kier alpha value is -0.830. The van der Waals surface area contributed by atoms with Gasteiger partial charge in [-0.25, -0.2) is 9.97 Å². The molecule has 1 heterocycles. The zero-order chi connectivity index (χ0) is 18.8. The molecule has 1 aromatic rings. The molecule has 0 aromatic carbocycles. The molecule has 0 bridgehead atoms. The summed E-state index contributed by atoms with van der Waals surface area (Å²) in [5.74, 6) is 1.18. The number of hydrogen-bond donors (Lipinski definition) is 0. The molecule has 0 fully saturated rings. The molecule has 0 N–H and O–H groups in total. The summed E-state index contributed by atoms with van der Waals surface area (Å²) in [5.41, 5.74) is 2.73. The highest BCUT2D eigenvalue weighted by molar-refractivity contribution is 8.02. The Morgan fingerprint density at radius 3 is 2.40 bits per heavy atom. The van der Waals surface area contributed by atoms with E-state index in [1.165, 1.54) is 44.3 Å². The average Bonchev–Trinajstić information content (AvgIpc) is 2.59. The zero-order valence-electron chi connectivity index (χ0n) is 17.3. The summed E-state index contributed by atoms with van der Waals surface area (Å²) in [4.78, 5) is 8.92. The van der Waals surface area contributed by atoms with Gasteiger partial charge in [0.15, 0.2) is 0 Å². The van der Waals surface area contributed by atoms with Gasteiger partial charge in [0.25, 0.3) is 0 Å². The monoisotopic (exact) mass is 362 g/mol. The van der Waals surface area contributed by atoms with Crippen LogP contribution in [0.5, 0.6) is 0 Å². The molecule has 1 atom stereocenters. The van der Waals surface area contributed by atoms with Crippen LogP contribution < -0.4 is 0 Å². The van der Waals surface area contributed by atoms with Gasteiger partial charge in [0.2, 0.25) is 0 Å². The lowest BCUT2D eigenvalue weighted by Gasteiger charge is -2.27. The minimum atomic E-state index is 0.119. The summed E-state index contributed by atoms with van der Waals surface area (Å²) < 4.78 is 0. The lowest BCUT2D eigenvalue weighted by atomic mass is 9.84. The van der Waals surface area contributed by atoms with Crippen molar-refractivity contribution in [3.05, 3.63) is 29.2 Å². The summed E-state index contributed by atoms with van der Waals surface area (Å²) in [6.45, 7) is 13.8. The second-order valence-corrected chi connectivity index (χ2v) is 9.09. The van der Waals surface area contributed by atoms with Gasteiger partial charge in [-0.1, -0.05) is 67.2 Å². The Labute approximate surface area is 160 Å². The molecule has 0 saturated carbocycles. The van der Waals surface area contributed by atoms with Crippen molar-refractivity contribution in [1.29, 1.82) is 0 Å². The molecule has 0 saturated heterocycles. The fraction of sp³-hybridized carbons (Fsp3) is 0.727. The van der Waals surface area contributed by atoms with Crippen LogP contribution in [0.3, 0.4) is 0 Å². The maximum atomic E-state index is 4.50. The van der Waals surface area contributed by atoms with Crippen LogP contribution in [0.15, 0.2) is 17.8 Å². The third kappa shape index (κ3) is 7.94. The highest BCUT2D eigenvalue weighted by Gasteiger charge is 2.22. The first-order chi connectivity index (χ1) is 11.9. The van der Waals surface area contributed by atoms with E-state index in [1.807, 2.05) is 11.8 Å². The molecule has 0 aliphatic rings. The molecule has 0 amide bonds. The molecule has 3 heteroatoms. The van der Waals surface area contributed by atoms with E-state index in [-0.39, 0.29) is 5.41 Å². The normalized spacial score (nSPS) is 14.8. The topological polar surface area (TPSA) is 25.8 Å². The lowest BCUT2D eigenvalue weighted by molar-refractivity contribution is 0.317. The Balaban J connectivity index is 2.61. The van der Waals surface area contributed by atoms with Crippen molar-refractivity contribution in [2.75, 3.05) is 5.75 Å². The van der Waals surface area contributed by atoms with Crippen LogP contribution in [0.2, 0.25) is 0 Å². The van der Waals surface area contributed by atoms with Gasteiger partial charge in [-0.3, -0.25) is 0 Å². The van der Waals surface area contributed by atoms with E-state index in [9.17, 15) is 0 Å². The van der Waals surface area contributed by atoms with Gasteiger partial charge in [-0.05, 0) is 42.2 Å². The summed E-state index contributed by atoms with van der Waals surface area (Å²) in [5, 5.41) is 2.21. The smallest absolute Gasteiger partial charge is 0.116 e. The van der Waals surface area contributed by atoms with Crippen molar-refractivity contribution < 1.29 is 0 Å². The average molecular weight is 363 g/mol. The number of unbranched alkanes of at least 4 members (excludes halogenated alkanes) is 2. The van der Waals surface area contributed by atoms with E-state index < -0.39 is 0 Å². The van der Waals surface area contributed by atoms with Gasteiger partial charge in [-0.15, -0.1) is 11.8 Å².